The Kier molecular flexibility index (Phi) is 3.52. The Morgan fingerprint density at radius 1 is 1.21 bits per heavy atom. The first-order valence-electron chi connectivity index (χ1n) is 5.56. The van der Waals surface area contributed by atoms with Crippen LogP contribution in [0.2, 0.25) is 0 Å². The predicted octanol–water partition coefficient (Wildman–Crippen LogP) is 1.96. The molecule has 2 rings (SSSR count). The van der Waals surface area contributed by atoms with E-state index >= 15 is 0 Å². The lowest BCUT2D eigenvalue weighted by molar-refractivity contribution is -0.137. The number of nitrogens with zero attached hydrogens (tertiary/aromatic N) is 4. The second-order valence-corrected chi connectivity index (χ2v) is 4.00. The Balaban J connectivity index is 2.36. The fraction of sp³-hybridized carbons (Fsp3) is 0.364. The van der Waals surface area contributed by atoms with Gasteiger partial charge in [0.25, 0.3) is 0 Å². The number of benzene rings is 1. The molecule has 1 atom stereocenters. The van der Waals surface area contributed by atoms with Gasteiger partial charge < -0.3 is 5.32 Å². The van der Waals surface area contributed by atoms with Crippen LogP contribution in [0.3, 0.4) is 0 Å². The van der Waals surface area contributed by atoms with Gasteiger partial charge in [-0.1, -0.05) is 0 Å². The standard InChI is InChI=1S/C11H12F3N5/c1-7(15-2)10-16-17-18-19(10)9-5-3-8(4-6-9)11(12,13)14/h3-7,15H,1-2H3. The maximum atomic E-state index is 12.5. The number of aromatic nitrogens is 4. The Morgan fingerprint density at radius 2 is 1.84 bits per heavy atom. The van der Waals surface area contributed by atoms with Crippen LogP contribution < -0.4 is 5.32 Å². The second kappa shape index (κ2) is 4.96. The zero-order valence-electron chi connectivity index (χ0n) is 10.3. The van der Waals surface area contributed by atoms with E-state index in [9.17, 15) is 13.2 Å². The van der Waals surface area contributed by atoms with Crippen LogP contribution in [0.1, 0.15) is 24.4 Å². The fourth-order valence-corrected chi connectivity index (χ4v) is 1.57. The van der Waals surface area contributed by atoms with Crippen LogP contribution in [-0.2, 0) is 6.18 Å². The molecule has 1 aromatic carbocycles. The molecule has 0 amide bonds. The maximum absolute atomic E-state index is 12.5. The molecular weight excluding hydrogens is 259 g/mol. The summed E-state index contributed by atoms with van der Waals surface area (Å²) in [6.07, 6.45) is -4.35. The predicted molar refractivity (Wildman–Crippen MR) is 61.6 cm³/mol. The van der Waals surface area contributed by atoms with Gasteiger partial charge in [0.2, 0.25) is 0 Å². The first kappa shape index (κ1) is 13.5. The number of rotatable bonds is 3. The quantitative estimate of drug-likeness (QED) is 0.927. The summed E-state index contributed by atoms with van der Waals surface area (Å²) in [5.41, 5.74) is -0.220. The Morgan fingerprint density at radius 3 is 2.37 bits per heavy atom. The summed E-state index contributed by atoms with van der Waals surface area (Å²) >= 11 is 0. The third kappa shape index (κ3) is 2.73. The van der Waals surface area contributed by atoms with Gasteiger partial charge in [0.05, 0.1) is 17.3 Å². The molecule has 0 saturated heterocycles. The molecule has 102 valence electrons. The summed E-state index contributed by atoms with van der Waals surface area (Å²) < 4.78 is 38.8. The van der Waals surface area contributed by atoms with E-state index < -0.39 is 11.7 Å². The molecule has 0 saturated carbocycles. The molecule has 0 bridgehead atoms. The molecule has 2 aromatic rings. The van der Waals surface area contributed by atoms with Gasteiger partial charge in [-0.2, -0.15) is 17.9 Å². The van der Waals surface area contributed by atoms with Crippen LogP contribution in [0, 0.1) is 0 Å². The minimum Gasteiger partial charge on any atom is -0.311 e. The van der Waals surface area contributed by atoms with Crippen LogP contribution in [0.25, 0.3) is 5.69 Å². The van der Waals surface area contributed by atoms with E-state index in [1.54, 1.807) is 7.05 Å². The number of tetrazole rings is 1. The molecule has 0 spiro atoms. The largest absolute Gasteiger partial charge is 0.416 e. The summed E-state index contributed by atoms with van der Waals surface area (Å²) in [5, 5.41) is 14.1. The van der Waals surface area contributed by atoms with Crippen LogP contribution >= 0.6 is 0 Å². The van der Waals surface area contributed by atoms with Crippen molar-refractivity contribution in [1.82, 2.24) is 25.5 Å². The molecule has 1 unspecified atom stereocenters. The van der Waals surface area contributed by atoms with E-state index in [0.29, 0.717) is 11.5 Å². The van der Waals surface area contributed by atoms with Crippen LogP contribution in [0.4, 0.5) is 13.2 Å². The zero-order valence-corrected chi connectivity index (χ0v) is 10.3. The summed E-state index contributed by atoms with van der Waals surface area (Å²) in [6, 6.07) is 4.57. The van der Waals surface area contributed by atoms with Crippen molar-refractivity contribution in [3.63, 3.8) is 0 Å². The Hall–Kier alpha value is -1.96. The average Bonchev–Trinajstić information content (AvgIpc) is 2.86. The highest BCUT2D eigenvalue weighted by Gasteiger charge is 2.30. The van der Waals surface area contributed by atoms with Gasteiger partial charge in [-0.15, -0.1) is 5.10 Å². The number of halogens is 3. The topological polar surface area (TPSA) is 55.6 Å². The Labute approximate surface area is 107 Å². The lowest BCUT2D eigenvalue weighted by Crippen LogP contribution is -2.18. The number of hydrogen-bond donors (Lipinski definition) is 1. The molecule has 1 N–H and O–H groups in total. The fourth-order valence-electron chi connectivity index (χ4n) is 1.57. The summed E-state index contributed by atoms with van der Waals surface area (Å²) in [4.78, 5) is 0. The van der Waals surface area contributed by atoms with Crippen molar-refractivity contribution >= 4 is 0 Å². The Bertz CT molecular complexity index is 546. The molecule has 19 heavy (non-hydrogen) atoms. The molecule has 5 nitrogen and oxygen atoms in total. The van der Waals surface area contributed by atoms with Gasteiger partial charge in [-0.05, 0) is 48.7 Å². The monoisotopic (exact) mass is 271 g/mol. The first-order valence-corrected chi connectivity index (χ1v) is 5.56. The molecule has 1 heterocycles. The highest BCUT2D eigenvalue weighted by atomic mass is 19.4. The molecule has 0 radical (unpaired) electrons. The summed E-state index contributed by atoms with van der Waals surface area (Å²) in [6.45, 7) is 1.85. The molecule has 0 fully saturated rings. The summed E-state index contributed by atoms with van der Waals surface area (Å²) in [5.74, 6) is 0.530. The molecular formula is C11H12F3N5. The highest BCUT2D eigenvalue weighted by molar-refractivity contribution is 5.35. The number of nitrogens with one attached hydrogen (secondary N) is 1. The van der Waals surface area contributed by atoms with E-state index in [1.807, 2.05) is 6.92 Å². The van der Waals surface area contributed by atoms with E-state index in [4.69, 9.17) is 0 Å². The summed E-state index contributed by atoms with van der Waals surface area (Å²) in [7, 11) is 1.75. The molecule has 8 heteroatoms. The minimum absolute atomic E-state index is 0.114. The third-order valence-corrected chi connectivity index (χ3v) is 2.75. The average molecular weight is 271 g/mol. The van der Waals surface area contributed by atoms with Gasteiger partial charge in [0.1, 0.15) is 0 Å². The lowest BCUT2D eigenvalue weighted by atomic mass is 10.2. The van der Waals surface area contributed by atoms with Crippen LogP contribution in [0.5, 0.6) is 0 Å². The van der Waals surface area contributed by atoms with Crippen molar-refractivity contribution in [1.29, 1.82) is 0 Å². The van der Waals surface area contributed by atoms with Gasteiger partial charge >= 0.3 is 6.18 Å². The normalized spacial score (nSPS) is 13.5. The van der Waals surface area contributed by atoms with Crippen molar-refractivity contribution in [3.8, 4) is 5.69 Å². The molecule has 0 aliphatic rings. The van der Waals surface area contributed by atoms with Crippen molar-refractivity contribution < 1.29 is 13.2 Å². The van der Waals surface area contributed by atoms with Crippen molar-refractivity contribution in [2.75, 3.05) is 7.05 Å². The maximum Gasteiger partial charge on any atom is 0.416 e. The lowest BCUT2D eigenvalue weighted by Gasteiger charge is -2.11. The van der Waals surface area contributed by atoms with E-state index in [0.717, 1.165) is 12.1 Å². The number of alkyl halides is 3. The van der Waals surface area contributed by atoms with Crippen molar-refractivity contribution in [2.45, 2.75) is 19.1 Å². The van der Waals surface area contributed by atoms with E-state index in [1.165, 1.54) is 16.8 Å². The molecule has 0 aliphatic carbocycles. The van der Waals surface area contributed by atoms with Gasteiger partial charge in [-0.25, -0.2) is 0 Å². The smallest absolute Gasteiger partial charge is 0.311 e. The van der Waals surface area contributed by atoms with Crippen LogP contribution in [0.15, 0.2) is 24.3 Å². The van der Waals surface area contributed by atoms with Gasteiger partial charge in [-0.3, -0.25) is 0 Å². The molecule has 1 aromatic heterocycles. The first-order chi connectivity index (χ1) is 8.93. The zero-order chi connectivity index (χ0) is 14.0. The SMILES string of the molecule is CNC(C)c1nnnn1-c1ccc(C(F)(F)F)cc1. The minimum atomic E-state index is -4.35. The van der Waals surface area contributed by atoms with Crippen molar-refractivity contribution in [3.05, 3.63) is 35.7 Å². The van der Waals surface area contributed by atoms with Gasteiger partial charge in [0.15, 0.2) is 5.82 Å². The van der Waals surface area contributed by atoms with Crippen LogP contribution in [-0.4, -0.2) is 27.3 Å². The molecule has 0 aliphatic heterocycles. The highest BCUT2D eigenvalue weighted by Crippen LogP contribution is 2.29. The van der Waals surface area contributed by atoms with E-state index in [-0.39, 0.29) is 6.04 Å². The third-order valence-electron chi connectivity index (χ3n) is 2.75. The van der Waals surface area contributed by atoms with Gasteiger partial charge in [0, 0.05) is 0 Å². The van der Waals surface area contributed by atoms with E-state index in [2.05, 4.69) is 20.8 Å². The van der Waals surface area contributed by atoms with Crippen molar-refractivity contribution in [2.24, 2.45) is 0 Å². The second-order valence-electron chi connectivity index (χ2n) is 4.00. The number of hydrogen-bond acceptors (Lipinski definition) is 4.